The maximum absolute atomic E-state index is 12.7. The molecule has 1 aliphatic heterocycles. The van der Waals surface area contributed by atoms with Gasteiger partial charge in [0.2, 0.25) is 0 Å². The second-order valence-electron chi connectivity index (χ2n) is 7.56. The van der Waals surface area contributed by atoms with E-state index in [0.29, 0.717) is 11.3 Å². The molecule has 0 bridgehead atoms. The van der Waals surface area contributed by atoms with Crippen LogP contribution in [-0.4, -0.2) is 17.6 Å². The maximum Gasteiger partial charge on any atom is 0.422 e. The minimum absolute atomic E-state index is 0.165. The molecule has 1 aromatic carbocycles. The van der Waals surface area contributed by atoms with E-state index in [1.165, 1.54) is 0 Å². The lowest BCUT2D eigenvalue weighted by atomic mass is 9.91. The molecule has 2 amide bonds. The molecule has 1 aromatic rings. The van der Waals surface area contributed by atoms with Crippen LogP contribution in [-0.2, 0) is 9.53 Å². The summed E-state index contributed by atoms with van der Waals surface area (Å²) in [6.07, 6.45) is 1.26. The molecule has 0 atom stereocenters. The molecular formula is C18H23NO3. The van der Waals surface area contributed by atoms with E-state index in [-0.39, 0.29) is 11.3 Å². The van der Waals surface area contributed by atoms with Crippen molar-refractivity contribution < 1.29 is 14.3 Å². The van der Waals surface area contributed by atoms with E-state index in [4.69, 9.17) is 4.74 Å². The van der Waals surface area contributed by atoms with Crippen LogP contribution in [0.5, 0.6) is 0 Å². The average molecular weight is 301 g/mol. The molecule has 0 aliphatic carbocycles. The normalized spacial score (nSPS) is 16.9. The highest BCUT2D eigenvalue weighted by atomic mass is 16.6. The van der Waals surface area contributed by atoms with Crippen molar-refractivity contribution in [1.29, 1.82) is 0 Å². The second-order valence-corrected chi connectivity index (χ2v) is 7.56. The maximum atomic E-state index is 12.7. The molecule has 4 nitrogen and oxygen atoms in total. The van der Waals surface area contributed by atoms with Gasteiger partial charge in [-0.2, -0.15) is 0 Å². The van der Waals surface area contributed by atoms with Crippen LogP contribution in [0.2, 0.25) is 0 Å². The Hall–Kier alpha value is -2.10. The van der Waals surface area contributed by atoms with Gasteiger partial charge in [-0.15, -0.1) is 0 Å². The van der Waals surface area contributed by atoms with Crippen molar-refractivity contribution in [2.45, 2.75) is 47.1 Å². The van der Waals surface area contributed by atoms with Crippen LogP contribution in [0.1, 0.15) is 47.1 Å². The molecular weight excluding hydrogens is 278 g/mol. The van der Waals surface area contributed by atoms with E-state index in [2.05, 4.69) is 0 Å². The summed E-state index contributed by atoms with van der Waals surface area (Å²) in [5.41, 5.74) is 1.09. The number of anilines is 1. The van der Waals surface area contributed by atoms with Gasteiger partial charge >= 0.3 is 6.09 Å². The van der Waals surface area contributed by atoms with Gasteiger partial charge < -0.3 is 4.74 Å². The molecule has 0 aromatic heterocycles. The number of carbonyl (C=O) groups is 2. The first kappa shape index (κ1) is 16.3. The third-order valence-electron chi connectivity index (χ3n) is 3.02. The minimum Gasteiger partial charge on any atom is -0.443 e. The molecule has 0 N–H and O–H groups in total. The lowest BCUT2D eigenvalue weighted by molar-refractivity contribution is -0.112. The van der Waals surface area contributed by atoms with Crippen LogP contribution in [0, 0.1) is 5.41 Å². The first-order chi connectivity index (χ1) is 9.99. The first-order valence-corrected chi connectivity index (χ1v) is 7.39. The Morgan fingerprint density at radius 2 is 1.68 bits per heavy atom. The van der Waals surface area contributed by atoms with Crippen molar-refractivity contribution >= 4 is 23.3 Å². The Morgan fingerprint density at radius 1 is 1.09 bits per heavy atom. The molecule has 0 spiro atoms. The monoisotopic (exact) mass is 301 g/mol. The Bertz CT molecular complexity index is 645. The molecule has 0 saturated heterocycles. The number of ether oxygens (including phenoxy) is 1. The van der Waals surface area contributed by atoms with Crippen LogP contribution < -0.4 is 4.90 Å². The lowest BCUT2D eigenvalue weighted by Gasteiger charge is -2.23. The van der Waals surface area contributed by atoms with Crippen LogP contribution in [0.15, 0.2) is 30.3 Å². The number of imide groups is 1. The Morgan fingerprint density at radius 3 is 2.23 bits per heavy atom. The lowest BCUT2D eigenvalue weighted by Crippen LogP contribution is -2.38. The summed E-state index contributed by atoms with van der Waals surface area (Å²) < 4.78 is 5.37. The average Bonchev–Trinajstić information content (AvgIpc) is 2.59. The molecule has 1 heterocycles. The zero-order valence-electron chi connectivity index (χ0n) is 14.1. The number of nitrogens with zero attached hydrogens (tertiary/aromatic N) is 1. The highest BCUT2D eigenvalue weighted by molar-refractivity contribution is 6.39. The molecule has 118 valence electrons. The summed E-state index contributed by atoms with van der Waals surface area (Å²) in [4.78, 5) is 26.2. The van der Waals surface area contributed by atoms with Gasteiger partial charge in [0, 0.05) is 11.1 Å². The third kappa shape index (κ3) is 3.38. The number of hydrogen-bond acceptors (Lipinski definition) is 3. The second kappa shape index (κ2) is 5.27. The highest BCUT2D eigenvalue weighted by Crippen LogP contribution is 2.39. The van der Waals surface area contributed by atoms with Gasteiger partial charge in [-0.3, -0.25) is 4.79 Å². The number of carbonyl (C=O) groups excluding carboxylic acids is 2. The van der Waals surface area contributed by atoms with Gasteiger partial charge in [-0.05, 0) is 32.3 Å². The smallest absolute Gasteiger partial charge is 0.422 e. The molecule has 22 heavy (non-hydrogen) atoms. The van der Waals surface area contributed by atoms with Crippen molar-refractivity contribution in [2.24, 2.45) is 5.41 Å². The summed E-state index contributed by atoms with van der Waals surface area (Å²) in [5, 5.41) is 0. The van der Waals surface area contributed by atoms with Gasteiger partial charge in [0.05, 0.1) is 5.69 Å². The third-order valence-corrected chi connectivity index (χ3v) is 3.02. The van der Waals surface area contributed by atoms with E-state index >= 15 is 0 Å². The minimum atomic E-state index is -0.650. The van der Waals surface area contributed by atoms with E-state index < -0.39 is 11.7 Å². The number of rotatable bonds is 0. The van der Waals surface area contributed by atoms with E-state index in [0.717, 1.165) is 10.5 Å². The van der Waals surface area contributed by atoms with Gasteiger partial charge in [-0.1, -0.05) is 45.0 Å². The fraction of sp³-hybridized carbons (Fsp3) is 0.444. The van der Waals surface area contributed by atoms with E-state index in [1.54, 1.807) is 26.8 Å². The highest BCUT2D eigenvalue weighted by Gasteiger charge is 2.39. The van der Waals surface area contributed by atoms with Crippen LogP contribution >= 0.6 is 0 Å². The Kier molecular flexibility index (Phi) is 3.90. The number of benzene rings is 1. The fourth-order valence-corrected chi connectivity index (χ4v) is 2.30. The zero-order chi connectivity index (χ0) is 16.7. The predicted octanol–water partition coefficient (Wildman–Crippen LogP) is 4.40. The van der Waals surface area contributed by atoms with Crippen LogP contribution in [0.4, 0.5) is 10.5 Å². The van der Waals surface area contributed by atoms with E-state index in [1.807, 2.05) is 45.0 Å². The summed E-state index contributed by atoms with van der Waals surface area (Å²) in [5.74, 6) is -0.328. The number of allylic oxidation sites excluding steroid dienone is 1. The summed E-state index contributed by atoms with van der Waals surface area (Å²) in [6, 6.07) is 7.29. The first-order valence-electron chi connectivity index (χ1n) is 7.39. The summed E-state index contributed by atoms with van der Waals surface area (Å²) >= 11 is 0. The summed E-state index contributed by atoms with van der Waals surface area (Å²) in [7, 11) is 0. The Labute approximate surface area is 131 Å². The summed E-state index contributed by atoms with van der Waals surface area (Å²) in [6.45, 7) is 11.4. The molecule has 2 rings (SSSR count). The molecule has 0 fully saturated rings. The number of para-hydroxylation sites is 1. The number of amides is 2. The molecule has 0 saturated carbocycles. The van der Waals surface area contributed by atoms with Crippen molar-refractivity contribution in [3.8, 4) is 0 Å². The van der Waals surface area contributed by atoms with Crippen molar-refractivity contribution in [3.05, 3.63) is 35.9 Å². The predicted molar refractivity (Wildman–Crippen MR) is 87.6 cm³/mol. The van der Waals surface area contributed by atoms with Crippen molar-refractivity contribution in [3.63, 3.8) is 0 Å². The van der Waals surface area contributed by atoms with Gasteiger partial charge in [0.25, 0.3) is 5.91 Å². The number of hydrogen-bond donors (Lipinski definition) is 0. The number of fused-ring (bicyclic) bond motifs is 1. The zero-order valence-corrected chi connectivity index (χ0v) is 14.1. The quantitative estimate of drug-likeness (QED) is 0.667. The van der Waals surface area contributed by atoms with Gasteiger partial charge in [0.15, 0.2) is 0 Å². The SMILES string of the molecule is CC(C)(C)/C=C1/C(=O)N(C(=O)OC(C)(C)C)c2ccccc21. The standard InChI is InChI=1S/C18H23NO3/c1-17(2,3)11-13-12-9-7-8-10-14(12)19(15(13)20)16(21)22-18(4,5)6/h7-11H,1-6H3/b13-11+. The van der Waals surface area contributed by atoms with Crippen molar-refractivity contribution in [2.75, 3.05) is 4.90 Å². The molecule has 1 aliphatic rings. The van der Waals surface area contributed by atoms with Gasteiger partial charge in [0.1, 0.15) is 5.60 Å². The van der Waals surface area contributed by atoms with Crippen LogP contribution in [0.3, 0.4) is 0 Å². The Balaban J connectivity index is 2.49. The molecule has 0 radical (unpaired) electrons. The molecule has 4 heteroatoms. The van der Waals surface area contributed by atoms with Gasteiger partial charge in [-0.25, -0.2) is 9.69 Å². The topological polar surface area (TPSA) is 46.6 Å². The fourth-order valence-electron chi connectivity index (χ4n) is 2.30. The molecule has 0 unspecified atom stereocenters. The van der Waals surface area contributed by atoms with Crippen molar-refractivity contribution in [1.82, 2.24) is 0 Å². The van der Waals surface area contributed by atoms with Crippen LogP contribution in [0.25, 0.3) is 5.57 Å². The largest absolute Gasteiger partial charge is 0.443 e. The van der Waals surface area contributed by atoms with E-state index in [9.17, 15) is 9.59 Å².